The van der Waals surface area contributed by atoms with Crippen LogP contribution in [0.4, 0.5) is 0 Å². The number of piperidine rings is 1. The summed E-state index contributed by atoms with van der Waals surface area (Å²) in [7, 11) is 0. The molecule has 5 nitrogen and oxygen atoms in total. The third kappa shape index (κ3) is 2.46. The van der Waals surface area contributed by atoms with E-state index in [-0.39, 0.29) is 11.8 Å². The molecule has 0 saturated carbocycles. The minimum atomic E-state index is 0.0113. The quantitative estimate of drug-likeness (QED) is 0.765. The van der Waals surface area contributed by atoms with Gasteiger partial charge in [0.15, 0.2) is 0 Å². The number of rotatable bonds is 2. The van der Waals surface area contributed by atoms with E-state index in [1.165, 1.54) is 0 Å². The third-order valence-corrected chi connectivity index (χ3v) is 3.50. The highest BCUT2D eigenvalue weighted by molar-refractivity contribution is 7.80. The molecular formula is C11H16N4OS. The molecule has 1 atom stereocenters. The van der Waals surface area contributed by atoms with Crippen molar-refractivity contribution in [2.45, 2.75) is 19.8 Å². The predicted molar refractivity (Wildman–Crippen MR) is 68.7 cm³/mol. The first-order valence-electron chi connectivity index (χ1n) is 5.68. The van der Waals surface area contributed by atoms with Crippen LogP contribution < -0.4 is 5.73 Å². The molecule has 1 aliphatic rings. The molecule has 6 heteroatoms. The topological polar surface area (TPSA) is 75.0 Å². The standard InChI is InChI=1S/C11H16N4OS/c1-7-9(5-13-14-7)11(16)15-4-2-3-8(6-15)10(12)17/h5,8H,2-4,6H2,1H3,(H2,12,17)(H,13,14). The number of hydrogen-bond acceptors (Lipinski definition) is 3. The van der Waals surface area contributed by atoms with Gasteiger partial charge in [0.1, 0.15) is 0 Å². The second-order valence-electron chi connectivity index (χ2n) is 4.40. The molecule has 0 bridgehead atoms. The Morgan fingerprint density at radius 1 is 1.71 bits per heavy atom. The molecule has 1 unspecified atom stereocenters. The molecule has 1 aromatic rings. The van der Waals surface area contributed by atoms with E-state index in [2.05, 4.69) is 10.2 Å². The van der Waals surface area contributed by atoms with Gasteiger partial charge < -0.3 is 10.6 Å². The molecule has 1 aliphatic heterocycles. The number of aromatic nitrogens is 2. The molecule has 17 heavy (non-hydrogen) atoms. The SMILES string of the molecule is Cc1[nH]ncc1C(=O)N1CCCC(C(N)=S)C1. The Balaban J connectivity index is 2.10. The van der Waals surface area contributed by atoms with E-state index < -0.39 is 0 Å². The molecule has 1 saturated heterocycles. The van der Waals surface area contributed by atoms with Crippen LogP contribution in [0, 0.1) is 12.8 Å². The maximum atomic E-state index is 12.2. The Bertz CT molecular complexity index is 442. The lowest BCUT2D eigenvalue weighted by molar-refractivity contribution is 0.0703. The van der Waals surface area contributed by atoms with Crippen LogP contribution in [0.1, 0.15) is 28.9 Å². The molecule has 0 spiro atoms. The van der Waals surface area contributed by atoms with Crippen molar-refractivity contribution < 1.29 is 4.79 Å². The van der Waals surface area contributed by atoms with Crippen molar-refractivity contribution in [1.29, 1.82) is 0 Å². The summed E-state index contributed by atoms with van der Waals surface area (Å²) < 4.78 is 0. The Labute approximate surface area is 105 Å². The summed E-state index contributed by atoms with van der Waals surface area (Å²) in [6.07, 6.45) is 3.50. The van der Waals surface area contributed by atoms with Crippen LogP contribution >= 0.6 is 12.2 Å². The van der Waals surface area contributed by atoms with Crippen molar-refractivity contribution in [2.75, 3.05) is 13.1 Å². The summed E-state index contributed by atoms with van der Waals surface area (Å²) >= 11 is 5.00. The molecule has 1 amide bonds. The molecule has 2 rings (SSSR count). The number of carbonyl (C=O) groups excluding carboxylic acids is 1. The summed E-state index contributed by atoms with van der Waals surface area (Å²) in [4.78, 5) is 14.5. The number of thiocarbonyl (C=S) groups is 1. The number of H-pyrrole nitrogens is 1. The molecule has 0 aliphatic carbocycles. The first-order valence-corrected chi connectivity index (χ1v) is 6.09. The van der Waals surface area contributed by atoms with E-state index in [1.807, 2.05) is 11.8 Å². The van der Waals surface area contributed by atoms with Crippen molar-refractivity contribution in [3.63, 3.8) is 0 Å². The van der Waals surface area contributed by atoms with Crippen LogP contribution in [0.2, 0.25) is 0 Å². The minimum absolute atomic E-state index is 0.0113. The number of nitrogens with zero attached hydrogens (tertiary/aromatic N) is 2. The summed E-state index contributed by atoms with van der Waals surface area (Å²) in [5, 5.41) is 6.64. The smallest absolute Gasteiger partial charge is 0.257 e. The number of hydrogen-bond donors (Lipinski definition) is 2. The fourth-order valence-corrected chi connectivity index (χ4v) is 2.32. The first-order chi connectivity index (χ1) is 8.09. The van der Waals surface area contributed by atoms with Crippen LogP contribution in [0.15, 0.2) is 6.20 Å². The second kappa shape index (κ2) is 4.83. The maximum Gasteiger partial charge on any atom is 0.257 e. The largest absolute Gasteiger partial charge is 0.393 e. The fraction of sp³-hybridized carbons (Fsp3) is 0.545. The molecule has 92 valence electrons. The lowest BCUT2D eigenvalue weighted by Crippen LogP contribution is -2.43. The van der Waals surface area contributed by atoms with E-state index in [0.29, 0.717) is 17.1 Å². The first kappa shape index (κ1) is 12.0. The Morgan fingerprint density at radius 3 is 3.06 bits per heavy atom. The van der Waals surface area contributed by atoms with Crippen LogP contribution in [0.25, 0.3) is 0 Å². The van der Waals surface area contributed by atoms with E-state index in [9.17, 15) is 4.79 Å². The fourth-order valence-electron chi connectivity index (χ4n) is 2.13. The Kier molecular flexibility index (Phi) is 3.42. The molecule has 1 fully saturated rings. The van der Waals surface area contributed by atoms with Gasteiger partial charge in [0.25, 0.3) is 5.91 Å². The second-order valence-corrected chi connectivity index (χ2v) is 4.87. The van der Waals surface area contributed by atoms with E-state index in [0.717, 1.165) is 25.1 Å². The van der Waals surface area contributed by atoms with E-state index in [1.54, 1.807) is 6.20 Å². The number of likely N-dealkylation sites (tertiary alicyclic amines) is 1. The van der Waals surface area contributed by atoms with Gasteiger partial charge >= 0.3 is 0 Å². The van der Waals surface area contributed by atoms with Crippen molar-refractivity contribution in [3.8, 4) is 0 Å². The van der Waals surface area contributed by atoms with Crippen molar-refractivity contribution in [2.24, 2.45) is 11.7 Å². The maximum absolute atomic E-state index is 12.2. The number of aryl methyl sites for hydroxylation is 1. The third-order valence-electron chi connectivity index (χ3n) is 3.17. The highest BCUT2D eigenvalue weighted by Crippen LogP contribution is 2.19. The van der Waals surface area contributed by atoms with Crippen LogP contribution in [0.5, 0.6) is 0 Å². The number of nitrogens with two attached hydrogens (primary N) is 1. The Morgan fingerprint density at radius 2 is 2.47 bits per heavy atom. The van der Waals surface area contributed by atoms with Crippen LogP contribution in [-0.2, 0) is 0 Å². The van der Waals surface area contributed by atoms with Gasteiger partial charge in [-0.05, 0) is 19.8 Å². The van der Waals surface area contributed by atoms with Gasteiger partial charge in [-0.3, -0.25) is 9.89 Å². The van der Waals surface area contributed by atoms with Gasteiger partial charge in [0.2, 0.25) is 0 Å². The molecule has 0 aromatic carbocycles. The highest BCUT2D eigenvalue weighted by atomic mass is 32.1. The Hall–Kier alpha value is -1.43. The van der Waals surface area contributed by atoms with Gasteiger partial charge in [0.05, 0.1) is 16.7 Å². The summed E-state index contributed by atoms with van der Waals surface area (Å²) in [5.41, 5.74) is 7.08. The van der Waals surface area contributed by atoms with Gasteiger partial charge in [0, 0.05) is 24.7 Å². The minimum Gasteiger partial charge on any atom is -0.393 e. The van der Waals surface area contributed by atoms with Gasteiger partial charge in [-0.15, -0.1) is 0 Å². The van der Waals surface area contributed by atoms with Gasteiger partial charge in [-0.25, -0.2) is 0 Å². The number of amides is 1. The zero-order valence-corrected chi connectivity index (χ0v) is 10.6. The normalized spacial score (nSPS) is 20.3. The summed E-state index contributed by atoms with van der Waals surface area (Å²) in [5.74, 6) is 0.159. The lowest BCUT2D eigenvalue weighted by Gasteiger charge is -2.32. The van der Waals surface area contributed by atoms with E-state index in [4.69, 9.17) is 18.0 Å². The van der Waals surface area contributed by atoms with Crippen LogP contribution in [0.3, 0.4) is 0 Å². The summed E-state index contributed by atoms with van der Waals surface area (Å²) in [6, 6.07) is 0. The van der Waals surface area contributed by atoms with Crippen molar-refractivity contribution >= 4 is 23.1 Å². The van der Waals surface area contributed by atoms with E-state index >= 15 is 0 Å². The average molecular weight is 252 g/mol. The monoisotopic (exact) mass is 252 g/mol. The number of aromatic amines is 1. The van der Waals surface area contributed by atoms with Gasteiger partial charge in [-0.1, -0.05) is 12.2 Å². The van der Waals surface area contributed by atoms with Gasteiger partial charge in [-0.2, -0.15) is 5.10 Å². The average Bonchev–Trinajstić information content (AvgIpc) is 2.74. The zero-order valence-electron chi connectivity index (χ0n) is 9.77. The number of nitrogens with one attached hydrogen (secondary N) is 1. The zero-order chi connectivity index (χ0) is 12.4. The lowest BCUT2D eigenvalue weighted by atomic mass is 9.97. The van der Waals surface area contributed by atoms with Crippen molar-refractivity contribution in [3.05, 3.63) is 17.5 Å². The molecule has 0 radical (unpaired) electrons. The van der Waals surface area contributed by atoms with Crippen molar-refractivity contribution in [1.82, 2.24) is 15.1 Å². The molecule has 1 aromatic heterocycles. The van der Waals surface area contributed by atoms with Crippen LogP contribution in [-0.4, -0.2) is 39.1 Å². The highest BCUT2D eigenvalue weighted by Gasteiger charge is 2.27. The predicted octanol–water partition coefficient (Wildman–Crippen LogP) is 0.856. The molecule has 3 N–H and O–H groups in total. The molecule has 2 heterocycles. The number of carbonyl (C=O) groups is 1. The molecular weight excluding hydrogens is 236 g/mol. The summed E-state index contributed by atoms with van der Waals surface area (Å²) in [6.45, 7) is 3.23.